The summed E-state index contributed by atoms with van der Waals surface area (Å²) in [4.78, 5) is 23.3. The predicted molar refractivity (Wildman–Crippen MR) is 78.2 cm³/mol. The Morgan fingerprint density at radius 1 is 1.29 bits per heavy atom. The van der Waals surface area contributed by atoms with Crippen LogP contribution >= 0.6 is 0 Å². The molecule has 1 fully saturated rings. The van der Waals surface area contributed by atoms with Crippen LogP contribution in [-0.2, 0) is 19.1 Å². The number of hydrogen-bond donors (Lipinski definition) is 3. The molecule has 1 aromatic rings. The van der Waals surface area contributed by atoms with Crippen molar-refractivity contribution in [2.24, 2.45) is 0 Å². The number of methoxy groups -OCH3 is 1. The normalized spacial score (nSPS) is 18.0. The van der Waals surface area contributed by atoms with Crippen LogP contribution in [0.2, 0.25) is 0 Å². The zero-order chi connectivity index (χ0) is 15.1. The summed E-state index contributed by atoms with van der Waals surface area (Å²) >= 11 is 0. The number of benzene rings is 1. The summed E-state index contributed by atoms with van der Waals surface area (Å²) in [6.45, 7) is 1.81. The van der Waals surface area contributed by atoms with Gasteiger partial charge in [-0.25, -0.2) is 0 Å². The summed E-state index contributed by atoms with van der Waals surface area (Å²) in [5, 5.41) is 8.55. The maximum atomic E-state index is 12.0. The van der Waals surface area contributed by atoms with Gasteiger partial charge in [-0.05, 0) is 24.3 Å². The van der Waals surface area contributed by atoms with Gasteiger partial charge in [0.15, 0.2) is 0 Å². The van der Waals surface area contributed by atoms with E-state index in [0.29, 0.717) is 24.5 Å². The number of morpholine rings is 1. The Bertz CT molecular complexity index is 483. The zero-order valence-electron chi connectivity index (χ0n) is 11.8. The van der Waals surface area contributed by atoms with Crippen LogP contribution in [0.1, 0.15) is 0 Å². The molecule has 0 spiro atoms. The van der Waals surface area contributed by atoms with Gasteiger partial charge >= 0.3 is 0 Å². The van der Waals surface area contributed by atoms with Gasteiger partial charge in [-0.1, -0.05) is 0 Å². The van der Waals surface area contributed by atoms with E-state index in [-0.39, 0.29) is 18.4 Å². The second kappa shape index (κ2) is 7.72. The molecule has 2 amide bonds. The number of anilines is 2. The molecular formula is C14H19N3O4. The third kappa shape index (κ3) is 4.82. The average Bonchev–Trinajstić information content (AvgIpc) is 2.50. The van der Waals surface area contributed by atoms with Crippen LogP contribution in [0.4, 0.5) is 11.4 Å². The van der Waals surface area contributed by atoms with Crippen LogP contribution in [-0.4, -0.2) is 51.3 Å². The standard InChI is InChI=1S/C14H19N3O4/c1-20-9-13(18)16-10-2-4-11(5-3-10)17-14(19)12-8-15-6-7-21-12/h2-5,12,15H,6-9H2,1H3,(H,16,18)(H,17,19). The van der Waals surface area contributed by atoms with Crippen molar-refractivity contribution in [3.8, 4) is 0 Å². The SMILES string of the molecule is COCC(=O)Nc1ccc(NC(=O)C2CNCCO2)cc1. The number of carbonyl (C=O) groups excluding carboxylic acids is 2. The van der Waals surface area contributed by atoms with Crippen molar-refractivity contribution in [1.82, 2.24) is 5.32 Å². The van der Waals surface area contributed by atoms with Crippen molar-refractivity contribution >= 4 is 23.2 Å². The number of carbonyl (C=O) groups is 2. The van der Waals surface area contributed by atoms with Gasteiger partial charge in [-0.15, -0.1) is 0 Å². The van der Waals surface area contributed by atoms with Crippen molar-refractivity contribution in [1.29, 1.82) is 0 Å². The van der Waals surface area contributed by atoms with Crippen LogP contribution in [0.25, 0.3) is 0 Å². The molecule has 0 radical (unpaired) electrons. The molecule has 3 N–H and O–H groups in total. The van der Waals surface area contributed by atoms with E-state index in [2.05, 4.69) is 16.0 Å². The molecule has 0 bridgehead atoms. The van der Waals surface area contributed by atoms with Gasteiger partial charge < -0.3 is 25.4 Å². The Morgan fingerprint density at radius 2 is 1.95 bits per heavy atom. The van der Waals surface area contributed by atoms with E-state index >= 15 is 0 Å². The lowest BCUT2D eigenvalue weighted by Gasteiger charge is -2.22. The minimum atomic E-state index is -0.472. The summed E-state index contributed by atoms with van der Waals surface area (Å²) in [6.07, 6.45) is -0.472. The number of rotatable bonds is 5. The fourth-order valence-electron chi connectivity index (χ4n) is 1.92. The van der Waals surface area contributed by atoms with E-state index in [1.807, 2.05) is 0 Å². The minimum Gasteiger partial charge on any atom is -0.375 e. The number of ether oxygens (including phenoxy) is 2. The molecule has 1 aliphatic heterocycles. The van der Waals surface area contributed by atoms with Crippen LogP contribution in [0.15, 0.2) is 24.3 Å². The van der Waals surface area contributed by atoms with Gasteiger partial charge in [0.05, 0.1) is 6.61 Å². The first-order valence-corrected chi connectivity index (χ1v) is 6.71. The van der Waals surface area contributed by atoms with E-state index in [4.69, 9.17) is 9.47 Å². The van der Waals surface area contributed by atoms with Gasteiger partial charge in [-0.3, -0.25) is 9.59 Å². The highest BCUT2D eigenvalue weighted by Gasteiger charge is 2.21. The Labute approximate surface area is 123 Å². The second-order valence-corrected chi connectivity index (χ2v) is 4.61. The van der Waals surface area contributed by atoms with E-state index in [1.165, 1.54) is 7.11 Å². The number of hydrogen-bond acceptors (Lipinski definition) is 5. The molecule has 0 saturated carbocycles. The van der Waals surface area contributed by atoms with Crippen LogP contribution < -0.4 is 16.0 Å². The highest BCUT2D eigenvalue weighted by molar-refractivity contribution is 5.95. The van der Waals surface area contributed by atoms with Gasteiger partial charge in [0.1, 0.15) is 12.7 Å². The summed E-state index contributed by atoms with van der Waals surface area (Å²) in [6, 6.07) is 6.86. The molecular weight excluding hydrogens is 274 g/mol. The summed E-state index contributed by atoms with van der Waals surface area (Å²) < 4.78 is 10.1. The van der Waals surface area contributed by atoms with Crippen molar-refractivity contribution in [3.05, 3.63) is 24.3 Å². The molecule has 1 heterocycles. The maximum absolute atomic E-state index is 12.0. The topological polar surface area (TPSA) is 88.7 Å². The van der Waals surface area contributed by atoms with Crippen molar-refractivity contribution in [2.45, 2.75) is 6.10 Å². The Hall–Kier alpha value is -1.96. The third-order valence-corrected chi connectivity index (χ3v) is 2.93. The molecule has 0 aliphatic carbocycles. The maximum Gasteiger partial charge on any atom is 0.254 e. The lowest BCUT2D eigenvalue weighted by atomic mass is 10.2. The van der Waals surface area contributed by atoms with E-state index < -0.39 is 6.10 Å². The smallest absolute Gasteiger partial charge is 0.254 e. The zero-order valence-corrected chi connectivity index (χ0v) is 11.8. The molecule has 1 atom stereocenters. The largest absolute Gasteiger partial charge is 0.375 e. The Morgan fingerprint density at radius 3 is 2.52 bits per heavy atom. The fourth-order valence-corrected chi connectivity index (χ4v) is 1.92. The van der Waals surface area contributed by atoms with Gasteiger partial charge in [0.2, 0.25) is 5.91 Å². The molecule has 2 rings (SSSR count). The molecule has 21 heavy (non-hydrogen) atoms. The summed E-state index contributed by atoms with van der Waals surface area (Å²) in [5.74, 6) is -0.408. The number of nitrogens with one attached hydrogen (secondary N) is 3. The molecule has 7 heteroatoms. The molecule has 1 aromatic carbocycles. The molecule has 7 nitrogen and oxygen atoms in total. The quantitative estimate of drug-likeness (QED) is 0.721. The van der Waals surface area contributed by atoms with Crippen LogP contribution in [0.3, 0.4) is 0 Å². The summed E-state index contributed by atoms with van der Waals surface area (Å²) in [5.41, 5.74) is 1.30. The Kier molecular flexibility index (Phi) is 5.68. The molecule has 114 valence electrons. The van der Waals surface area contributed by atoms with Crippen molar-refractivity contribution in [3.63, 3.8) is 0 Å². The van der Waals surface area contributed by atoms with Crippen molar-refractivity contribution in [2.75, 3.05) is 44.0 Å². The molecule has 1 saturated heterocycles. The lowest BCUT2D eigenvalue weighted by molar-refractivity contribution is -0.128. The monoisotopic (exact) mass is 293 g/mol. The predicted octanol–water partition coefficient (Wildman–Crippen LogP) is 0.198. The first-order valence-electron chi connectivity index (χ1n) is 6.71. The van der Waals surface area contributed by atoms with Crippen LogP contribution in [0.5, 0.6) is 0 Å². The fraction of sp³-hybridized carbons (Fsp3) is 0.429. The van der Waals surface area contributed by atoms with E-state index in [1.54, 1.807) is 24.3 Å². The molecule has 1 aliphatic rings. The molecule has 0 aromatic heterocycles. The third-order valence-electron chi connectivity index (χ3n) is 2.93. The first-order chi connectivity index (χ1) is 10.2. The van der Waals surface area contributed by atoms with Gasteiger partial charge in [0, 0.05) is 31.6 Å². The Balaban J connectivity index is 1.86. The van der Waals surface area contributed by atoms with Gasteiger partial charge in [-0.2, -0.15) is 0 Å². The molecule has 1 unspecified atom stereocenters. The van der Waals surface area contributed by atoms with Gasteiger partial charge in [0.25, 0.3) is 5.91 Å². The van der Waals surface area contributed by atoms with Crippen molar-refractivity contribution < 1.29 is 19.1 Å². The highest BCUT2D eigenvalue weighted by atomic mass is 16.5. The van der Waals surface area contributed by atoms with Crippen LogP contribution in [0, 0.1) is 0 Å². The minimum absolute atomic E-state index is 0.00447. The lowest BCUT2D eigenvalue weighted by Crippen LogP contribution is -2.45. The number of amides is 2. The first kappa shape index (κ1) is 15.4. The van der Waals surface area contributed by atoms with E-state index in [0.717, 1.165) is 6.54 Å². The summed E-state index contributed by atoms with van der Waals surface area (Å²) in [7, 11) is 1.46. The van der Waals surface area contributed by atoms with E-state index in [9.17, 15) is 9.59 Å². The average molecular weight is 293 g/mol. The second-order valence-electron chi connectivity index (χ2n) is 4.61. The highest BCUT2D eigenvalue weighted by Crippen LogP contribution is 2.14.